The fourth-order valence-corrected chi connectivity index (χ4v) is 4.00. The zero-order chi connectivity index (χ0) is 19.3. The Morgan fingerprint density at radius 3 is 2.89 bits per heavy atom. The van der Waals surface area contributed by atoms with Crippen LogP contribution in [0.25, 0.3) is 17.0 Å². The summed E-state index contributed by atoms with van der Waals surface area (Å²) in [7, 11) is 2.23. The van der Waals surface area contributed by atoms with Crippen LogP contribution in [0.3, 0.4) is 0 Å². The third-order valence-electron chi connectivity index (χ3n) is 5.65. The van der Waals surface area contributed by atoms with Crippen LogP contribution in [0, 0.1) is 0 Å². The number of likely N-dealkylation sites (tertiary alicyclic amines) is 1. The highest BCUT2D eigenvalue weighted by Crippen LogP contribution is 2.25. The Kier molecular flexibility index (Phi) is 5.58. The second-order valence-electron chi connectivity index (χ2n) is 7.58. The van der Waals surface area contributed by atoms with E-state index in [0.717, 1.165) is 12.0 Å². The van der Waals surface area contributed by atoms with Crippen LogP contribution in [0.5, 0.6) is 0 Å². The van der Waals surface area contributed by atoms with E-state index in [1.807, 2.05) is 36.4 Å². The Balaban J connectivity index is 1.40. The van der Waals surface area contributed by atoms with Gasteiger partial charge >= 0.3 is 0 Å². The molecule has 1 aromatic heterocycles. The maximum absolute atomic E-state index is 12.1. The van der Waals surface area contributed by atoms with Gasteiger partial charge in [0.15, 0.2) is 0 Å². The predicted molar refractivity (Wildman–Crippen MR) is 115 cm³/mol. The summed E-state index contributed by atoms with van der Waals surface area (Å²) in [5, 5.41) is 4.23. The summed E-state index contributed by atoms with van der Waals surface area (Å²) in [5.74, 6) is -0.0469. The summed E-state index contributed by atoms with van der Waals surface area (Å²) in [6, 6.07) is 16.4. The number of carbonyl (C=O) groups is 1. The molecule has 1 aliphatic heterocycles. The largest absolute Gasteiger partial charge is 0.361 e. The highest BCUT2D eigenvalue weighted by molar-refractivity contribution is 5.94. The number of H-pyrrole nitrogens is 1. The molecule has 3 aromatic rings. The minimum Gasteiger partial charge on any atom is -0.361 e. The number of amides is 1. The molecule has 0 radical (unpaired) electrons. The van der Waals surface area contributed by atoms with Crippen LogP contribution in [0.15, 0.2) is 60.8 Å². The lowest BCUT2D eigenvalue weighted by Gasteiger charge is -2.18. The molecule has 1 fully saturated rings. The van der Waals surface area contributed by atoms with Crippen molar-refractivity contribution in [3.63, 3.8) is 0 Å². The Bertz CT molecular complexity index is 974. The lowest BCUT2D eigenvalue weighted by atomic mass is 10.0. The quantitative estimate of drug-likeness (QED) is 0.679. The maximum Gasteiger partial charge on any atom is 0.251 e. The van der Waals surface area contributed by atoms with Crippen LogP contribution in [0.1, 0.15) is 34.3 Å². The van der Waals surface area contributed by atoms with Crippen molar-refractivity contribution in [3.8, 4) is 0 Å². The molecule has 0 spiro atoms. The second kappa shape index (κ2) is 8.44. The standard InChI is InChI=1S/C24H27N3O/c1-27-14-6-10-21(27)16-20-17-26-23-12-11-18(15-22(20)23)7-5-13-25-24(28)19-8-3-2-4-9-19/h2-5,7-9,11-12,15,17,21,26H,6,10,13-14,16H2,1H3,(H,25,28)/b7-5+/t21-/m1/s1. The first-order valence-corrected chi connectivity index (χ1v) is 10.0. The molecule has 0 unspecified atom stereocenters. The topological polar surface area (TPSA) is 48.1 Å². The fraction of sp³-hybridized carbons (Fsp3) is 0.292. The Labute approximate surface area is 166 Å². The number of rotatable bonds is 6. The molecular formula is C24H27N3O. The van der Waals surface area contributed by atoms with Crippen LogP contribution in [-0.2, 0) is 6.42 Å². The number of carbonyl (C=O) groups excluding carboxylic acids is 1. The van der Waals surface area contributed by atoms with Gasteiger partial charge in [-0.3, -0.25) is 4.79 Å². The third kappa shape index (κ3) is 4.18. The molecule has 0 aliphatic carbocycles. The summed E-state index contributed by atoms with van der Waals surface area (Å²) in [6.07, 6.45) is 9.90. The van der Waals surface area contributed by atoms with Gasteiger partial charge in [-0.25, -0.2) is 0 Å². The van der Waals surface area contributed by atoms with Crippen LogP contribution < -0.4 is 5.32 Å². The molecule has 2 N–H and O–H groups in total. The van der Waals surface area contributed by atoms with Crippen molar-refractivity contribution in [2.45, 2.75) is 25.3 Å². The smallest absolute Gasteiger partial charge is 0.251 e. The first-order valence-electron chi connectivity index (χ1n) is 10.0. The van der Waals surface area contributed by atoms with Gasteiger partial charge in [-0.05, 0) is 68.2 Å². The Hall–Kier alpha value is -2.85. The average molecular weight is 374 g/mol. The van der Waals surface area contributed by atoms with Gasteiger partial charge in [-0.2, -0.15) is 0 Å². The SMILES string of the molecule is CN1CCC[C@@H]1Cc1c[nH]c2ccc(/C=C/CNC(=O)c3ccccc3)cc12. The van der Waals surface area contributed by atoms with E-state index < -0.39 is 0 Å². The van der Waals surface area contributed by atoms with E-state index in [9.17, 15) is 4.79 Å². The van der Waals surface area contributed by atoms with Crippen molar-refractivity contribution in [3.05, 3.63) is 77.5 Å². The lowest BCUT2D eigenvalue weighted by Crippen LogP contribution is -2.26. The van der Waals surface area contributed by atoms with Gasteiger partial charge in [0.2, 0.25) is 0 Å². The second-order valence-corrected chi connectivity index (χ2v) is 7.58. The molecule has 2 heterocycles. The molecule has 1 aliphatic rings. The Morgan fingerprint density at radius 1 is 1.25 bits per heavy atom. The number of fused-ring (bicyclic) bond motifs is 1. The summed E-state index contributed by atoms with van der Waals surface area (Å²) in [4.78, 5) is 18.0. The highest BCUT2D eigenvalue weighted by atomic mass is 16.1. The van der Waals surface area contributed by atoms with Crippen LogP contribution in [0.2, 0.25) is 0 Å². The van der Waals surface area contributed by atoms with Crippen LogP contribution in [-0.4, -0.2) is 42.0 Å². The average Bonchev–Trinajstić information content (AvgIpc) is 3.32. The van der Waals surface area contributed by atoms with Crippen molar-refractivity contribution < 1.29 is 4.79 Å². The van der Waals surface area contributed by atoms with E-state index in [4.69, 9.17) is 0 Å². The zero-order valence-corrected chi connectivity index (χ0v) is 16.3. The molecule has 4 rings (SSSR count). The number of aromatic amines is 1. The number of likely N-dealkylation sites (N-methyl/N-ethyl adjacent to an activating group) is 1. The van der Waals surface area contributed by atoms with Crippen LogP contribution >= 0.6 is 0 Å². The van der Waals surface area contributed by atoms with Crippen molar-refractivity contribution >= 4 is 22.9 Å². The lowest BCUT2D eigenvalue weighted by molar-refractivity contribution is 0.0958. The third-order valence-corrected chi connectivity index (χ3v) is 5.65. The maximum atomic E-state index is 12.1. The molecule has 28 heavy (non-hydrogen) atoms. The molecule has 144 valence electrons. The number of nitrogens with one attached hydrogen (secondary N) is 2. The summed E-state index contributed by atoms with van der Waals surface area (Å²) in [6.45, 7) is 1.72. The normalized spacial score (nSPS) is 17.5. The van der Waals surface area contributed by atoms with Crippen LogP contribution in [0.4, 0.5) is 0 Å². The van der Waals surface area contributed by atoms with Gasteiger partial charge in [0, 0.05) is 35.2 Å². The number of hydrogen-bond donors (Lipinski definition) is 2. The van der Waals surface area contributed by atoms with Gasteiger partial charge in [0.1, 0.15) is 0 Å². The molecule has 4 heteroatoms. The summed E-state index contributed by atoms with van der Waals surface area (Å²) >= 11 is 0. The van der Waals surface area contributed by atoms with E-state index in [1.54, 1.807) is 0 Å². The molecule has 0 saturated carbocycles. The molecule has 1 amide bonds. The fourth-order valence-electron chi connectivity index (χ4n) is 4.00. The van der Waals surface area contributed by atoms with Crippen molar-refractivity contribution in [1.82, 2.24) is 15.2 Å². The first-order chi connectivity index (χ1) is 13.7. The molecule has 1 saturated heterocycles. The van der Waals surface area contributed by atoms with Gasteiger partial charge in [-0.1, -0.05) is 36.4 Å². The van der Waals surface area contributed by atoms with Gasteiger partial charge in [0.05, 0.1) is 0 Å². The van der Waals surface area contributed by atoms with E-state index in [-0.39, 0.29) is 5.91 Å². The van der Waals surface area contributed by atoms with E-state index >= 15 is 0 Å². The van der Waals surface area contributed by atoms with Gasteiger partial charge in [0.25, 0.3) is 5.91 Å². The molecule has 0 bridgehead atoms. The minimum absolute atomic E-state index is 0.0469. The van der Waals surface area contributed by atoms with Crippen molar-refractivity contribution in [2.75, 3.05) is 20.1 Å². The molecule has 2 aromatic carbocycles. The highest BCUT2D eigenvalue weighted by Gasteiger charge is 2.22. The molecular weight excluding hydrogens is 346 g/mol. The minimum atomic E-state index is -0.0469. The number of nitrogens with zero attached hydrogens (tertiary/aromatic N) is 1. The first kappa shape index (κ1) is 18.5. The number of benzene rings is 2. The molecule has 1 atom stereocenters. The van der Waals surface area contributed by atoms with Gasteiger partial charge in [-0.15, -0.1) is 0 Å². The van der Waals surface area contributed by atoms with E-state index in [1.165, 1.54) is 35.9 Å². The summed E-state index contributed by atoms with van der Waals surface area (Å²) in [5.41, 5.74) is 4.42. The monoisotopic (exact) mass is 373 g/mol. The molecule has 4 nitrogen and oxygen atoms in total. The Morgan fingerprint density at radius 2 is 2.11 bits per heavy atom. The van der Waals surface area contributed by atoms with Crippen molar-refractivity contribution in [2.24, 2.45) is 0 Å². The zero-order valence-electron chi connectivity index (χ0n) is 16.3. The van der Waals surface area contributed by atoms with Crippen molar-refractivity contribution in [1.29, 1.82) is 0 Å². The van der Waals surface area contributed by atoms with E-state index in [2.05, 4.69) is 52.7 Å². The summed E-state index contributed by atoms with van der Waals surface area (Å²) < 4.78 is 0. The van der Waals surface area contributed by atoms with Gasteiger partial charge < -0.3 is 15.2 Å². The number of aromatic nitrogens is 1. The predicted octanol–water partition coefficient (Wildman–Crippen LogP) is 4.25. The number of hydrogen-bond acceptors (Lipinski definition) is 2. The van der Waals surface area contributed by atoms with E-state index in [0.29, 0.717) is 18.2 Å².